The van der Waals surface area contributed by atoms with Gasteiger partial charge in [-0.3, -0.25) is 4.79 Å². The zero-order valence-corrected chi connectivity index (χ0v) is 10.8. The van der Waals surface area contributed by atoms with Gasteiger partial charge in [-0.25, -0.2) is 0 Å². The maximum Gasteiger partial charge on any atom is 0.307 e. The third kappa shape index (κ3) is 3.38. The second kappa shape index (κ2) is 5.76. The lowest BCUT2D eigenvalue weighted by Gasteiger charge is -2.23. The molecule has 0 bridgehead atoms. The van der Waals surface area contributed by atoms with Gasteiger partial charge in [-0.1, -0.05) is 0 Å². The summed E-state index contributed by atoms with van der Waals surface area (Å²) in [5.41, 5.74) is 0. The fourth-order valence-electron chi connectivity index (χ4n) is 1.67. The van der Waals surface area contributed by atoms with Gasteiger partial charge < -0.3 is 9.84 Å². The molecule has 0 amide bonds. The van der Waals surface area contributed by atoms with E-state index in [0.29, 0.717) is 13.0 Å². The minimum Gasteiger partial charge on any atom is -0.481 e. The van der Waals surface area contributed by atoms with Crippen molar-refractivity contribution in [3.8, 4) is 0 Å². The molecule has 1 fully saturated rings. The first kappa shape index (κ1) is 14.4. The average Bonchev–Trinajstić information content (AvgIpc) is 2.75. The van der Waals surface area contributed by atoms with E-state index in [2.05, 4.69) is 0 Å². The minimum absolute atomic E-state index is 0.0506. The largest absolute Gasteiger partial charge is 0.481 e. The minimum atomic E-state index is -3.55. The normalized spacial score (nSPS) is 22.2. The summed E-state index contributed by atoms with van der Waals surface area (Å²) in [5, 5.41) is 8.82. The molecule has 1 atom stereocenters. The lowest BCUT2D eigenvalue weighted by atomic mass is 10.1. The van der Waals surface area contributed by atoms with E-state index in [-0.39, 0.29) is 19.6 Å². The highest BCUT2D eigenvalue weighted by atomic mass is 32.2. The summed E-state index contributed by atoms with van der Waals surface area (Å²) in [6, 6.07) is 0. The van der Waals surface area contributed by atoms with Gasteiger partial charge in [-0.2, -0.15) is 17.0 Å². The predicted molar refractivity (Wildman–Crippen MR) is 60.7 cm³/mol. The number of carbonyl (C=O) groups is 1. The Hall–Kier alpha value is -0.700. The number of hydrogen-bond donors (Lipinski definition) is 1. The van der Waals surface area contributed by atoms with E-state index in [9.17, 15) is 13.2 Å². The third-order valence-electron chi connectivity index (χ3n) is 2.83. The van der Waals surface area contributed by atoms with Gasteiger partial charge in [0.15, 0.2) is 0 Å². The molecule has 100 valence electrons. The Morgan fingerprint density at radius 3 is 2.71 bits per heavy atom. The van der Waals surface area contributed by atoms with E-state index in [1.165, 1.54) is 22.8 Å². The third-order valence-corrected chi connectivity index (χ3v) is 4.79. The average molecular weight is 266 g/mol. The highest BCUT2D eigenvalue weighted by molar-refractivity contribution is 7.86. The predicted octanol–water partition coefficient (Wildman–Crippen LogP) is -0.784. The van der Waals surface area contributed by atoms with E-state index < -0.39 is 22.1 Å². The molecular weight excluding hydrogens is 248 g/mol. The van der Waals surface area contributed by atoms with Gasteiger partial charge in [-0.15, -0.1) is 0 Å². The maximum atomic E-state index is 12.0. The maximum absolute atomic E-state index is 12.0. The van der Waals surface area contributed by atoms with Crippen molar-refractivity contribution < 1.29 is 23.1 Å². The fourth-order valence-corrected chi connectivity index (χ4v) is 3.08. The highest BCUT2D eigenvalue weighted by Crippen LogP contribution is 2.20. The quantitative estimate of drug-likeness (QED) is 0.681. The molecule has 0 radical (unpaired) electrons. The van der Waals surface area contributed by atoms with Crippen LogP contribution >= 0.6 is 0 Å². The molecule has 1 aliphatic heterocycles. The summed E-state index contributed by atoms with van der Waals surface area (Å²) in [6.45, 7) is 0.880. The van der Waals surface area contributed by atoms with Crippen molar-refractivity contribution in [2.45, 2.75) is 6.42 Å². The van der Waals surface area contributed by atoms with Crippen LogP contribution in [0.4, 0.5) is 0 Å². The van der Waals surface area contributed by atoms with Gasteiger partial charge in [-0.05, 0) is 6.42 Å². The van der Waals surface area contributed by atoms with Gasteiger partial charge in [0.2, 0.25) is 0 Å². The topological polar surface area (TPSA) is 87.2 Å². The number of ether oxygens (including phenoxy) is 1. The van der Waals surface area contributed by atoms with Crippen LogP contribution in [0.15, 0.2) is 0 Å². The van der Waals surface area contributed by atoms with Gasteiger partial charge >= 0.3 is 5.97 Å². The number of likely N-dealkylation sites (N-methyl/N-ethyl adjacent to an activating group) is 1. The van der Waals surface area contributed by atoms with Crippen LogP contribution in [0.1, 0.15) is 6.42 Å². The molecule has 17 heavy (non-hydrogen) atoms. The molecule has 0 saturated carbocycles. The summed E-state index contributed by atoms with van der Waals surface area (Å²) in [7, 11) is -0.596. The van der Waals surface area contributed by atoms with E-state index in [1.54, 1.807) is 0 Å². The van der Waals surface area contributed by atoms with Crippen molar-refractivity contribution in [3.63, 3.8) is 0 Å². The molecule has 1 saturated heterocycles. The van der Waals surface area contributed by atoms with E-state index >= 15 is 0 Å². The first-order chi connectivity index (χ1) is 7.89. The second-order valence-corrected chi connectivity index (χ2v) is 6.04. The summed E-state index contributed by atoms with van der Waals surface area (Å²) in [6.07, 6.45) is 0.368. The summed E-state index contributed by atoms with van der Waals surface area (Å²) >= 11 is 0. The van der Waals surface area contributed by atoms with Crippen LogP contribution in [-0.2, 0) is 19.7 Å². The second-order valence-electron chi connectivity index (χ2n) is 4.00. The number of aliphatic carboxylic acids is 1. The molecule has 0 aromatic heterocycles. The molecule has 0 spiro atoms. The number of carboxylic acids is 1. The van der Waals surface area contributed by atoms with Crippen molar-refractivity contribution in [3.05, 3.63) is 0 Å². The van der Waals surface area contributed by atoms with Crippen LogP contribution in [0.3, 0.4) is 0 Å². The molecule has 1 N–H and O–H groups in total. The first-order valence-electron chi connectivity index (χ1n) is 5.32. The summed E-state index contributed by atoms with van der Waals surface area (Å²) < 4.78 is 31.2. The molecule has 0 aromatic rings. The van der Waals surface area contributed by atoms with Crippen LogP contribution in [0.25, 0.3) is 0 Å². The van der Waals surface area contributed by atoms with Crippen molar-refractivity contribution in [1.82, 2.24) is 8.61 Å². The van der Waals surface area contributed by atoms with E-state index in [4.69, 9.17) is 9.84 Å². The lowest BCUT2D eigenvalue weighted by Crippen LogP contribution is -2.42. The Balaban J connectivity index is 2.63. The van der Waals surface area contributed by atoms with Crippen LogP contribution in [-0.4, -0.2) is 68.5 Å². The van der Waals surface area contributed by atoms with Crippen molar-refractivity contribution in [1.29, 1.82) is 0 Å². The molecule has 1 rings (SSSR count). The molecule has 1 unspecified atom stereocenters. The lowest BCUT2D eigenvalue weighted by molar-refractivity contribution is -0.141. The molecule has 1 aliphatic rings. The highest BCUT2D eigenvalue weighted by Gasteiger charge is 2.36. The number of carboxylic acid groups (broad SMARTS) is 1. The Morgan fingerprint density at radius 2 is 2.24 bits per heavy atom. The molecule has 0 aromatic carbocycles. The molecule has 0 aliphatic carbocycles. The van der Waals surface area contributed by atoms with Gasteiger partial charge in [0.25, 0.3) is 10.2 Å². The van der Waals surface area contributed by atoms with Crippen LogP contribution < -0.4 is 0 Å². The standard InChI is InChI=1S/C9H18N2O5S/c1-10(5-6-16-2)17(14,15)11-4-3-8(7-11)9(12)13/h8H,3-7H2,1-2H3,(H,12,13). The van der Waals surface area contributed by atoms with Crippen LogP contribution in [0.5, 0.6) is 0 Å². The number of rotatable bonds is 6. The van der Waals surface area contributed by atoms with Gasteiger partial charge in [0.1, 0.15) is 0 Å². The molecular formula is C9H18N2O5S. The van der Waals surface area contributed by atoms with Crippen LogP contribution in [0.2, 0.25) is 0 Å². The van der Waals surface area contributed by atoms with E-state index in [0.717, 1.165) is 0 Å². The van der Waals surface area contributed by atoms with Crippen molar-refractivity contribution in [2.24, 2.45) is 5.92 Å². The number of hydrogen-bond acceptors (Lipinski definition) is 4. The molecule has 8 heteroatoms. The Labute approximate surface area is 101 Å². The summed E-state index contributed by atoms with van der Waals surface area (Å²) in [4.78, 5) is 10.8. The Morgan fingerprint density at radius 1 is 1.59 bits per heavy atom. The SMILES string of the molecule is COCCN(C)S(=O)(=O)N1CCC(C(=O)O)C1. The van der Waals surface area contributed by atoms with Gasteiger partial charge in [0, 0.05) is 33.8 Å². The monoisotopic (exact) mass is 266 g/mol. The number of methoxy groups -OCH3 is 1. The van der Waals surface area contributed by atoms with Gasteiger partial charge in [0.05, 0.1) is 12.5 Å². The Kier molecular flexibility index (Phi) is 4.87. The van der Waals surface area contributed by atoms with Crippen LogP contribution in [0, 0.1) is 5.92 Å². The zero-order valence-electron chi connectivity index (χ0n) is 10.00. The summed E-state index contributed by atoms with van der Waals surface area (Å²) in [5.74, 6) is -1.54. The van der Waals surface area contributed by atoms with Crippen molar-refractivity contribution >= 4 is 16.2 Å². The molecule has 7 nitrogen and oxygen atoms in total. The Bertz CT molecular complexity index is 370. The molecule has 1 heterocycles. The fraction of sp³-hybridized carbons (Fsp3) is 0.889. The number of nitrogens with zero attached hydrogens (tertiary/aromatic N) is 2. The van der Waals surface area contributed by atoms with Crippen molar-refractivity contribution in [2.75, 3.05) is 40.4 Å². The first-order valence-corrected chi connectivity index (χ1v) is 6.72. The smallest absolute Gasteiger partial charge is 0.307 e. The zero-order chi connectivity index (χ0) is 13.1. The van der Waals surface area contributed by atoms with E-state index in [1.807, 2.05) is 0 Å².